The van der Waals surface area contributed by atoms with E-state index < -0.39 is 0 Å². The summed E-state index contributed by atoms with van der Waals surface area (Å²) in [6, 6.07) is 21.8. The molecule has 0 bridgehead atoms. The Bertz CT molecular complexity index is 979. The number of nitrogens with one attached hydrogen (secondary N) is 2. The minimum atomic E-state index is -0.359. The first-order valence-corrected chi connectivity index (χ1v) is 9.41. The first kappa shape index (κ1) is 20.7. The van der Waals surface area contributed by atoms with Gasteiger partial charge in [0.2, 0.25) is 0 Å². The Balaban J connectivity index is 1.53. The molecule has 0 heterocycles. The molecule has 3 aromatic carbocycles. The van der Waals surface area contributed by atoms with E-state index in [0.717, 1.165) is 22.3 Å². The van der Waals surface area contributed by atoms with Gasteiger partial charge in [0.05, 0.1) is 12.4 Å². The van der Waals surface area contributed by atoms with Gasteiger partial charge in [0.1, 0.15) is 0 Å². The van der Waals surface area contributed by atoms with E-state index >= 15 is 0 Å². The predicted octanol–water partition coefficient (Wildman–Crippen LogP) is 3.83. The van der Waals surface area contributed by atoms with Crippen molar-refractivity contribution in [3.8, 4) is 0 Å². The lowest BCUT2D eigenvalue weighted by Crippen LogP contribution is -2.19. The summed E-state index contributed by atoms with van der Waals surface area (Å²) < 4.78 is 0. The lowest BCUT2D eigenvalue weighted by Gasteiger charge is -2.03. The fourth-order valence-corrected chi connectivity index (χ4v) is 2.54. The SMILES string of the molecule is Cc1ccc(/C=N/NC(=O)c2ccc(C(=O)N/N=C/c3ccc(C)cc3)cc2)cc1. The molecule has 150 valence electrons. The summed E-state index contributed by atoms with van der Waals surface area (Å²) in [7, 11) is 0. The number of carbonyl (C=O) groups is 2. The monoisotopic (exact) mass is 398 g/mol. The smallest absolute Gasteiger partial charge is 0.267 e. The highest BCUT2D eigenvalue weighted by Crippen LogP contribution is 2.05. The number of aryl methyl sites for hydroxylation is 2. The van der Waals surface area contributed by atoms with E-state index in [0.29, 0.717) is 11.1 Å². The van der Waals surface area contributed by atoms with Crippen LogP contribution in [0.25, 0.3) is 0 Å². The molecule has 0 aliphatic carbocycles. The molecular weight excluding hydrogens is 376 g/mol. The van der Waals surface area contributed by atoms with Crippen LogP contribution in [0.15, 0.2) is 83.0 Å². The lowest BCUT2D eigenvalue weighted by molar-refractivity contribution is 0.0943. The second kappa shape index (κ2) is 9.93. The van der Waals surface area contributed by atoms with Crippen LogP contribution in [0.1, 0.15) is 43.0 Å². The van der Waals surface area contributed by atoms with E-state index in [1.54, 1.807) is 36.7 Å². The van der Waals surface area contributed by atoms with Gasteiger partial charge in [-0.25, -0.2) is 10.9 Å². The number of hydrogen-bond donors (Lipinski definition) is 2. The Kier molecular flexibility index (Phi) is 6.84. The molecule has 0 atom stereocenters. The molecule has 0 fully saturated rings. The number of hydrogen-bond acceptors (Lipinski definition) is 4. The number of hydrazone groups is 2. The van der Waals surface area contributed by atoms with Crippen molar-refractivity contribution >= 4 is 24.2 Å². The fraction of sp³-hybridized carbons (Fsp3) is 0.0833. The molecule has 2 N–H and O–H groups in total. The summed E-state index contributed by atoms with van der Waals surface area (Å²) in [5.74, 6) is -0.717. The van der Waals surface area contributed by atoms with Crippen molar-refractivity contribution < 1.29 is 9.59 Å². The standard InChI is InChI=1S/C24H22N4O2/c1-17-3-7-19(8-4-17)15-25-27-23(29)21-11-13-22(14-12-21)24(30)28-26-16-20-9-5-18(2)6-10-20/h3-16H,1-2H3,(H,27,29)(H,28,30)/b25-15+,26-16+. The van der Waals surface area contributed by atoms with Gasteiger partial charge in [-0.1, -0.05) is 59.7 Å². The van der Waals surface area contributed by atoms with E-state index in [1.165, 1.54) is 0 Å². The maximum atomic E-state index is 12.2. The molecule has 6 heteroatoms. The van der Waals surface area contributed by atoms with E-state index in [2.05, 4.69) is 21.1 Å². The molecular formula is C24H22N4O2. The summed E-state index contributed by atoms with van der Waals surface area (Å²) in [5, 5.41) is 7.91. The average molecular weight is 398 g/mol. The second-order valence-electron chi connectivity index (χ2n) is 6.80. The van der Waals surface area contributed by atoms with Crippen molar-refractivity contribution in [2.45, 2.75) is 13.8 Å². The molecule has 0 aromatic heterocycles. The number of rotatable bonds is 6. The second-order valence-corrected chi connectivity index (χ2v) is 6.80. The molecule has 0 spiro atoms. The third-order valence-electron chi connectivity index (χ3n) is 4.32. The molecule has 6 nitrogen and oxygen atoms in total. The molecule has 0 unspecified atom stereocenters. The molecule has 0 radical (unpaired) electrons. The van der Waals surface area contributed by atoms with Crippen LogP contribution in [0.4, 0.5) is 0 Å². The Morgan fingerprint density at radius 2 is 0.933 bits per heavy atom. The van der Waals surface area contributed by atoms with Crippen LogP contribution in [0.2, 0.25) is 0 Å². The fourth-order valence-electron chi connectivity index (χ4n) is 2.54. The Morgan fingerprint density at radius 1 is 0.600 bits per heavy atom. The van der Waals surface area contributed by atoms with Gasteiger partial charge >= 0.3 is 0 Å². The van der Waals surface area contributed by atoms with Gasteiger partial charge in [-0.2, -0.15) is 10.2 Å². The molecule has 0 saturated carbocycles. The van der Waals surface area contributed by atoms with Gasteiger partial charge in [0.25, 0.3) is 11.8 Å². The van der Waals surface area contributed by atoms with Crippen LogP contribution in [-0.2, 0) is 0 Å². The van der Waals surface area contributed by atoms with E-state index in [9.17, 15) is 9.59 Å². The third kappa shape index (κ3) is 5.97. The summed E-state index contributed by atoms with van der Waals surface area (Å²) in [4.78, 5) is 24.3. The van der Waals surface area contributed by atoms with E-state index in [-0.39, 0.29) is 11.8 Å². The molecule has 0 aliphatic heterocycles. The van der Waals surface area contributed by atoms with Crippen LogP contribution < -0.4 is 10.9 Å². The lowest BCUT2D eigenvalue weighted by atomic mass is 10.1. The topological polar surface area (TPSA) is 82.9 Å². The molecule has 3 aromatic rings. The first-order chi connectivity index (χ1) is 14.5. The molecule has 2 amide bonds. The first-order valence-electron chi connectivity index (χ1n) is 9.41. The molecule has 30 heavy (non-hydrogen) atoms. The molecule has 3 rings (SSSR count). The van der Waals surface area contributed by atoms with Gasteiger partial charge in [0.15, 0.2) is 0 Å². The van der Waals surface area contributed by atoms with Crippen LogP contribution >= 0.6 is 0 Å². The maximum Gasteiger partial charge on any atom is 0.271 e. The Hall–Kier alpha value is -4.06. The quantitative estimate of drug-likeness (QED) is 0.489. The van der Waals surface area contributed by atoms with Gasteiger partial charge < -0.3 is 0 Å². The highest BCUT2D eigenvalue weighted by molar-refractivity contribution is 5.98. The average Bonchev–Trinajstić information content (AvgIpc) is 2.76. The van der Waals surface area contributed by atoms with Crippen LogP contribution in [0, 0.1) is 13.8 Å². The summed E-state index contributed by atoms with van der Waals surface area (Å²) in [5.41, 5.74) is 9.83. The predicted molar refractivity (Wildman–Crippen MR) is 119 cm³/mol. The highest BCUT2D eigenvalue weighted by atomic mass is 16.2. The maximum absolute atomic E-state index is 12.2. The Morgan fingerprint density at radius 3 is 1.27 bits per heavy atom. The summed E-state index contributed by atoms with van der Waals surface area (Å²) in [6.45, 7) is 4.01. The van der Waals surface area contributed by atoms with Gasteiger partial charge in [-0.15, -0.1) is 0 Å². The third-order valence-corrected chi connectivity index (χ3v) is 4.32. The van der Waals surface area contributed by atoms with Crippen LogP contribution in [-0.4, -0.2) is 24.2 Å². The van der Waals surface area contributed by atoms with Crippen molar-refractivity contribution in [3.05, 3.63) is 106 Å². The number of benzene rings is 3. The van der Waals surface area contributed by atoms with E-state index in [1.807, 2.05) is 62.4 Å². The summed E-state index contributed by atoms with van der Waals surface area (Å²) >= 11 is 0. The number of carbonyl (C=O) groups excluding carboxylic acids is 2. The van der Waals surface area contributed by atoms with Crippen molar-refractivity contribution in [2.24, 2.45) is 10.2 Å². The summed E-state index contributed by atoms with van der Waals surface area (Å²) in [6.07, 6.45) is 3.15. The van der Waals surface area contributed by atoms with Crippen molar-refractivity contribution in [1.29, 1.82) is 0 Å². The van der Waals surface area contributed by atoms with E-state index in [4.69, 9.17) is 0 Å². The Labute approximate surface area is 175 Å². The number of amides is 2. The van der Waals surface area contributed by atoms with Gasteiger partial charge in [0, 0.05) is 11.1 Å². The highest BCUT2D eigenvalue weighted by Gasteiger charge is 2.08. The van der Waals surface area contributed by atoms with Crippen molar-refractivity contribution in [3.63, 3.8) is 0 Å². The number of nitrogens with zero attached hydrogens (tertiary/aromatic N) is 2. The van der Waals surface area contributed by atoms with Crippen LogP contribution in [0.5, 0.6) is 0 Å². The van der Waals surface area contributed by atoms with Crippen molar-refractivity contribution in [1.82, 2.24) is 10.9 Å². The minimum absolute atomic E-state index is 0.359. The molecule has 0 aliphatic rings. The minimum Gasteiger partial charge on any atom is -0.267 e. The zero-order valence-electron chi connectivity index (χ0n) is 16.8. The van der Waals surface area contributed by atoms with Crippen molar-refractivity contribution in [2.75, 3.05) is 0 Å². The zero-order valence-corrected chi connectivity index (χ0v) is 16.8. The zero-order chi connectivity index (χ0) is 21.3. The normalized spacial score (nSPS) is 11.0. The largest absolute Gasteiger partial charge is 0.271 e. The van der Waals surface area contributed by atoms with Gasteiger partial charge in [-0.05, 0) is 49.2 Å². The van der Waals surface area contributed by atoms with Gasteiger partial charge in [-0.3, -0.25) is 9.59 Å². The molecule has 0 saturated heterocycles. The van der Waals surface area contributed by atoms with Crippen LogP contribution in [0.3, 0.4) is 0 Å².